The lowest BCUT2D eigenvalue weighted by Crippen LogP contribution is -2.47. The lowest BCUT2D eigenvalue weighted by atomic mass is 9.89. The zero-order valence-electron chi connectivity index (χ0n) is 14.3. The predicted octanol–water partition coefficient (Wildman–Crippen LogP) is 3.65. The maximum atomic E-state index is 13.4. The van der Waals surface area contributed by atoms with Gasteiger partial charge in [0.1, 0.15) is 0 Å². The molecule has 1 fully saturated rings. The molecule has 0 N–H and O–H groups in total. The molecule has 0 radical (unpaired) electrons. The topological polar surface area (TPSA) is 40.6 Å². The molecule has 0 bridgehead atoms. The first-order chi connectivity index (χ1) is 11.9. The standard InChI is InChI=1S/C19H21ClN2O2S/c1-13-3-8-18-16(11-13)17-12-21(2)10-9-19(17)22(18)25(23,24)15-6-4-14(20)5-7-15/h3-8,11,17,19H,9-10,12H2,1-2H3/t17-,19+/m1/s1. The Hall–Kier alpha value is -1.56. The number of benzene rings is 2. The molecule has 2 aliphatic heterocycles. The maximum absolute atomic E-state index is 13.4. The monoisotopic (exact) mass is 376 g/mol. The van der Waals surface area contributed by atoms with Crippen molar-refractivity contribution in [3.63, 3.8) is 0 Å². The summed E-state index contributed by atoms with van der Waals surface area (Å²) in [7, 11) is -1.51. The fraction of sp³-hybridized carbons (Fsp3) is 0.368. The lowest BCUT2D eigenvalue weighted by Gasteiger charge is -2.36. The molecule has 2 heterocycles. The second-order valence-corrected chi connectivity index (χ2v) is 9.29. The van der Waals surface area contributed by atoms with Gasteiger partial charge in [-0.05, 0) is 62.8 Å². The molecule has 2 aromatic carbocycles. The third-order valence-corrected chi connectivity index (χ3v) is 7.38. The minimum Gasteiger partial charge on any atom is -0.306 e. The van der Waals surface area contributed by atoms with E-state index in [0.29, 0.717) is 9.92 Å². The van der Waals surface area contributed by atoms with Crippen molar-refractivity contribution in [1.82, 2.24) is 4.90 Å². The minimum absolute atomic E-state index is 0.0197. The van der Waals surface area contributed by atoms with Crippen LogP contribution in [0.1, 0.15) is 23.5 Å². The highest BCUT2D eigenvalue weighted by Crippen LogP contribution is 2.47. The van der Waals surface area contributed by atoms with E-state index in [9.17, 15) is 8.42 Å². The number of piperidine rings is 1. The third-order valence-electron chi connectivity index (χ3n) is 5.27. The molecule has 1 saturated heterocycles. The first kappa shape index (κ1) is 16.9. The Morgan fingerprint density at radius 3 is 2.56 bits per heavy atom. The molecule has 2 aromatic rings. The van der Waals surface area contributed by atoms with Crippen molar-refractivity contribution < 1.29 is 8.42 Å². The first-order valence-corrected chi connectivity index (χ1v) is 10.3. The van der Waals surface area contributed by atoms with Gasteiger partial charge in [-0.3, -0.25) is 4.31 Å². The van der Waals surface area contributed by atoms with Gasteiger partial charge in [-0.15, -0.1) is 0 Å². The molecule has 25 heavy (non-hydrogen) atoms. The zero-order chi connectivity index (χ0) is 17.8. The molecule has 2 atom stereocenters. The summed E-state index contributed by atoms with van der Waals surface area (Å²) < 4.78 is 28.5. The van der Waals surface area contributed by atoms with Crippen LogP contribution in [0.3, 0.4) is 0 Å². The number of fused-ring (bicyclic) bond motifs is 3. The van der Waals surface area contributed by atoms with Gasteiger partial charge in [0, 0.05) is 17.5 Å². The summed E-state index contributed by atoms with van der Waals surface area (Å²) in [4.78, 5) is 2.58. The Morgan fingerprint density at radius 2 is 1.84 bits per heavy atom. The SMILES string of the molecule is Cc1ccc2c(c1)[C@H]1CN(C)CC[C@@H]1N2S(=O)(=O)c1ccc(Cl)cc1. The van der Waals surface area contributed by atoms with Crippen molar-refractivity contribution in [1.29, 1.82) is 0 Å². The van der Waals surface area contributed by atoms with Gasteiger partial charge in [-0.1, -0.05) is 29.3 Å². The van der Waals surface area contributed by atoms with E-state index in [1.54, 1.807) is 28.6 Å². The van der Waals surface area contributed by atoms with E-state index in [2.05, 4.69) is 24.9 Å². The number of nitrogens with zero attached hydrogens (tertiary/aromatic N) is 2. The van der Waals surface area contributed by atoms with Crippen molar-refractivity contribution in [2.24, 2.45) is 0 Å². The predicted molar refractivity (Wildman–Crippen MR) is 101 cm³/mol. The van der Waals surface area contributed by atoms with Gasteiger partial charge in [-0.2, -0.15) is 0 Å². The lowest BCUT2D eigenvalue weighted by molar-refractivity contribution is 0.237. The summed E-state index contributed by atoms with van der Waals surface area (Å²) in [6.07, 6.45) is 0.835. The molecule has 0 saturated carbocycles. The molecule has 0 amide bonds. The molecule has 0 aromatic heterocycles. The van der Waals surface area contributed by atoms with Crippen LogP contribution in [0.2, 0.25) is 5.02 Å². The Bertz CT molecular complexity index is 912. The smallest absolute Gasteiger partial charge is 0.264 e. The van der Waals surface area contributed by atoms with Crippen LogP contribution in [-0.2, 0) is 10.0 Å². The van der Waals surface area contributed by atoms with E-state index in [1.807, 2.05) is 12.1 Å². The van der Waals surface area contributed by atoms with Crippen LogP contribution in [0.4, 0.5) is 5.69 Å². The second kappa shape index (κ2) is 6.01. The Kier molecular flexibility index (Phi) is 4.06. The van der Waals surface area contributed by atoms with Gasteiger partial charge >= 0.3 is 0 Å². The molecule has 0 aliphatic carbocycles. The molecule has 0 unspecified atom stereocenters. The van der Waals surface area contributed by atoms with Gasteiger partial charge in [-0.25, -0.2) is 8.42 Å². The van der Waals surface area contributed by atoms with E-state index in [-0.39, 0.29) is 12.0 Å². The minimum atomic E-state index is -3.61. The van der Waals surface area contributed by atoms with E-state index in [4.69, 9.17) is 11.6 Å². The summed E-state index contributed by atoms with van der Waals surface area (Å²) >= 11 is 5.93. The van der Waals surface area contributed by atoms with Gasteiger partial charge in [0.15, 0.2) is 0 Å². The van der Waals surface area contributed by atoms with E-state index >= 15 is 0 Å². The summed E-state index contributed by atoms with van der Waals surface area (Å²) in [6.45, 7) is 3.84. The third kappa shape index (κ3) is 2.75. The van der Waals surface area contributed by atoms with Crippen LogP contribution >= 0.6 is 11.6 Å². The zero-order valence-corrected chi connectivity index (χ0v) is 15.9. The van der Waals surface area contributed by atoms with Crippen LogP contribution in [0.25, 0.3) is 0 Å². The number of likely N-dealkylation sites (tertiary alicyclic amines) is 1. The number of rotatable bonds is 2. The normalized spacial score (nSPS) is 23.4. The largest absolute Gasteiger partial charge is 0.306 e. The summed E-state index contributed by atoms with van der Waals surface area (Å²) in [6, 6.07) is 12.5. The Labute approximate surface area is 154 Å². The van der Waals surface area contributed by atoms with Crippen molar-refractivity contribution >= 4 is 27.3 Å². The molecule has 132 valence electrons. The van der Waals surface area contributed by atoms with Gasteiger partial charge < -0.3 is 4.90 Å². The maximum Gasteiger partial charge on any atom is 0.264 e. The van der Waals surface area contributed by atoms with Crippen LogP contribution in [0, 0.1) is 6.92 Å². The fourth-order valence-electron chi connectivity index (χ4n) is 4.07. The van der Waals surface area contributed by atoms with Crippen molar-refractivity contribution in [3.8, 4) is 0 Å². The molecular formula is C19H21ClN2O2S. The number of hydrogen-bond acceptors (Lipinski definition) is 3. The highest BCUT2D eigenvalue weighted by Gasteiger charge is 2.46. The number of hydrogen-bond donors (Lipinski definition) is 0. The number of aryl methyl sites for hydroxylation is 1. The van der Waals surface area contributed by atoms with Crippen LogP contribution in [-0.4, -0.2) is 39.5 Å². The van der Waals surface area contributed by atoms with Gasteiger partial charge in [0.05, 0.1) is 16.6 Å². The van der Waals surface area contributed by atoms with Crippen LogP contribution < -0.4 is 4.31 Å². The van der Waals surface area contributed by atoms with E-state index in [1.165, 1.54) is 0 Å². The highest BCUT2D eigenvalue weighted by atomic mass is 35.5. The summed E-state index contributed by atoms with van der Waals surface area (Å²) in [5.74, 6) is 0.218. The average Bonchev–Trinajstić information content (AvgIpc) is 2.89. The summed E-state index contributed by atoms with van der Waals surface area (Å²) in [5.41, 5.74) is 3.14. The molecule has 6 heteroatoms. The molecule has 2 aliphatic rings. The van der Waals surface area contributed by atoms with E-state index < -0.39 is 10.0 Å². The van der Waals surface area contributed by atoms with Crippen LogP contribution in [0.15, 0.2) is 47.4 Å². The summed E-state index contributed by atoms with van der Waals surface area (Å²) in [5, 5.41) is 0.536. The highest BCUT2D eigenvalue weighted by molar-refractivity contribution is 7.92. The molecule has 4 nitrogen and oxygen atoms in total. The second-order valence-electron chi connectivity index (χ2n) is 7.04. The van der Waals surface area contributed by atoms with Crippen molar-refractivity contribution in [2.45, 2.75) is 30.2 Å². The molecular weight excluding hydrogens is 356 g/mol. The fourth-order valence-corrected chi connectivity index (χ4v) is 5.93. The van der Waals surface area contributed by atoms with Crippen molar-refractivity contribution in [2.75, 3.05) is 24.4 Å². The Morgan fingerprint density at radius 1 is 1.12 bits per heavy atom. The van der Waals surface area contributed by atoms with Crippen molar-refractivity contribution in [3.05, 3.63) is 58.6 Å². The average molecular weight is 377 g/mol. The number of likely N-dealkylation sites (N-methyl/N-ethyl adjacent to an activating group) is 1. The molecule has 4 rings (SSSR count). The first-order valence-electron chi connectivity index (χ1n) is 8.47. The van der Waals surface area contributed by atoms with E-state index in [0.717, 1.165) is 36.3 Å². The Balaban J connectivity index is 1.85. The van der Waals surface area contributed by atoms with Gasteiger partial charge in [0.25, 0.3) is 10.0 Å². The van der Waals surface area contributed by atoms with Gasteiger partial charge in [0.2, 0.25) is 0 Å². The quantitative estimate of drug-likeness (QED) is 0.803. The molecule has 0 spiro atoms. The number of halogens is 1. The number of sulfonamides is 1. The number of anilines is 1. The van der Waals surface area contributed by atoms with Crippen LogP contribution in [0.5, 0.6) is 0 Å².